The van der Waals surface area contributed by atoms with Crippen LogP contribution in [0.3, 0.4) is 0 Å². The van der Waals surface area contributed by atoms with Crippen molar-refractivity contribution in [3.63, 3.8) is 0 Å². The molecule has 0 unspecified atom stereocenters. The summed E-state index contributed by atoms with van der Waals surface area (Å²) >= 11 is 0. The SMILES string of the molecule is CCCCC(=O)Oc1cccc(C=O)c1. The van der Waals surface area contributed by atoms with Crippen LogP contribution in [0.4, 0.5) is 0 Å². The summed E-state index contributed by atoms with van der Waals surface area (Å²) in [6.07, 6.45) is 2.93. The van der Waals surface area contributed by atoms with Gasteiger partial charge in [0, 0.05) is 12.0 Å². The molecule has 0 N–H and O–H groups in total. The average Bonchev–Trinajstić information content (AvgIpc) is 2.26. The van der Waals surface area contributed by atoms with Gasteiger partial charge in [0.05, 0.1) is 0 Å². The van der Waals surface area contributed by atoms with Crippen molar-refractivity contribution in [2.24, 2.45) is 0 Å². The Morgan fingerprint density at radius 3 is 2.93 bits per heavy atom. The Morgan fingerprint density at radius 2 is 2.27 bits per heavy atom. The minimum absolute atomic E-state index is 0.250. The summed E-state index contributed by atoms with van der Waals surface area (Å²) < 4.78 is 5.06. The van der Waals surface area contributed by atoms with Gasteiger partial charge in [-0.3, -0.25) is 9.59 Å². The van der Waals surface area contributed by atoms with Crippen LogP contribution in [0.2, 0.25) is 0 Å². The van der Waals surface area contributed by atoms with Gasteiger partial charge >= 0.3 is 5.97 Å². The van der Waals surface area contributed by atoms with Crippen molar-refractivity contribution in [3.8, 4) is 5.75 Å². The summed E-state index contributed by atoms with van der Waals surface area (Å²) in [7, 11) is 0. The zero-order chi connectivity index (χ0) is 11.1. The molecule has 0 fully saturated rings. The van der Waals surface area contributed by atoms with Crippen molar-refractivity contribution in [2.45, 2.75) is 26.2 Å². The molecular formula is C12H14O3. The van der Waals surface area contributed by atoms with Crippen LogP contribution in [0, 0.1) is 0 Å². The summed E-state index contributed by atoms with van der Waals surface area (Å²) in [5.74, 6) is 0.181. The predicted octanol–water partition coefficient (Wildman–Crippen LogP) is 2.59. The minimum Gasteiger partial charge on any atom is -0.427 e. The monoisotopic (exact) mass is 206 g/mol. The molecule has 3 nitrogen and oxygen atoms in total. The Hall–Kier alpha value is -1.64. The summed E-state index contributed by atoms with van der Waals surface area (Å²) in [4.78, 5) is 21.7. The largest absolute Gasteiger partial charge is 0.427 e. The first-order chi connectivity index (χ1) is 7.26. The van der Waals surface area contributed by atoms with Crippen LogP contribution < -0.4 is 4.74 Å². The minimum atomic E-state index is -0.250. The molecule has 15 heavy (non-hydrogen) atoms. The molecule has 0 heterocycles. The smallest absolute Gasteiger partial charge is 0.311 e. The Kier molecular flexibility index (Phi) is 4.54. The topological polar surface area (TPSA) is 43.4 Å². The predicted molar refractivity (Wildman–Crippen MR) is 57.0 cm³/mol. The van der Waals surface area contributed by atoms with E-state index in [4.69, 9.17) is 4.74 Å². The molecule has 0 aliphatic carbocycles. The van der Waals surface area contributed by atoms with E-state index >= 15 is 0 Å². The zero-order valence-corrected chi connectivity index (χ0v) is 8.73. The molecule has 0 saturated carbocycles. The third-order valence-electron chi connectivity index (χ3n) is 1.96. The Labute approximate surface area is 89.1 Å². The molecule has 1 aromatic rings. The first-order valence-electron chi connectivity index (χ1n) is 5.02. The standard InChI is InChI=1S/C12H14O3/c1-2-3-7-12(14)15-11-6-4-5-10(8-11)9-13/h4-6,8-9H,2-3,7H2,1H3. The van der Waals surface area contributed by atoms with Gasteiger partial charge in [-0.2, -0.15) is 0 Å². The summed E-state index contributed by atoms with van der Waals surface area (Å²) in [6, 6.07) is 6.57. The molecule has 0 atom stereocenters. The summed E-state index contributed by atoms with van der Waals surface area (Å²) in [6.45, 7) is 2.01. The fourth-order valence-electron chi connectivity index (χ4n) is 1.15. The van der Waals surface area contributed by atoms with Gasteiger partial charge in [-0.15, -0.1) is 0 Å². The van der Waals surface area contributed by atoms with E-state index in [1.165, 1.54) is 0 Å². The Morgan fingerprint density at radius 1 is 1.47 bits per heavy atom. The average molecular weight is 206 g/mol. The quantitative estimate of drug-likeness (QED) is 0.422. The number of benzene rings is 1. The van der Waals surface area contributed by atoms with Crippen molar-refractivity contribution in [1.82, 2.24) is 0 Å². The third-order valence-corrected chi connectivity index (χ3v) is 1.96. The van der Waals surface area contributed by atoms with E-state index in [9.17, 15) is 9.59 Å². The highest BCUT2D eigenvalue weighted by Crippen LogP contribution is 2.13. The number of carbonyl (C=O) groups is 2. The highest BCUT2D eigenvalue weighted by Gasteiger charge is 2.04. The van der Waals surface area contributed by atoms with Crippen molar-refractivity contribution < 1.29 is 14.3 Å². The van der Waals surface area contributed by atoms with Gasteiger partial charge in [-0.05, 0) is 18.6 Å². The van der Waals surface area contributed by atoms with Gasteiger partial charge in [0.25, 0.3) is 0 Å². The molecule has 1 aromatic carbocycles. The maximum absolute atomic E-state index is 11.3. The lowest BCUT2D eigenvalue weighted by atomic mass is 10.2. The van der Waals surface area contributed by atoms with Gasteiger partial charge in [0.1, 0.15) is 12.0 Å². The number of rotatable bonds is 5. The van der Waals surface area contributed by atoms with E-state index in [1.54, 1.807) is 24.3 Å². The van der Waals surface area contributed by atoms with Crippen molar-refractivity contribution in [3.05, 3.63) is 29.8 Å². The number of carbonyl (C=O) groups excluding carboxylic acids is 2. The van der Waals surface area contributed by atoms with Crippen LogP contribution in [0.5, 0.6) is 5.75 Å². The van der Waals surface area contributed by atoms with E-state index in [1.807, 2.05) is 6.92 Å². The number of esters is 1. The molecule has 0 saturated heterocycles. The second kappa shape index (κ2) is 5.96. The molecule has 80 valence electrons. The van der Waals surface area contributed by atoms with E-state index < -0.39 is 0 Å². The molecule has 0 aliphatic heterocycles. The molecule has 0 amide bonds. The number of aldehydes is 1. The molecule has 0 bridgehead atoms. The Balaban J connectivity index is 2.56. The van der Waals surface area contributed by atoms with Crippen molar-refractivity contribution in [2.75, 3.05) is 0 Å². The van der Waals surface area contributed by atoms with Gasteiger partial charge in [-0.1, -0.05) is 25.5 Å². The number of hydrogen-bond acceptors (Lipinski definition) is 3. The third kappa shape index (κ3) is 3.94. The molecular weight excluding hydrogens is 192 g/mol. The second-order valence-corrected chi connectivity index (χ2v) is 3.27. The maximum Gasteiger partial charge on any atom is 0.311 e. The fraction of sp³-hybridized carbons (Fsp3) is 0.333. The molecule has 1 rings (SSSR count). The van der Waals surface area contributed by atoms with Crippen LogP contribution in [0.15, 0.2) is 24.3 Å². The fourth-order valence-corrected chi connectivity index (χ4v) is 1.15. The first kappa shape index (κ1) is 11.4. The van der Waals surface area contributed by atoms with Crippen LogP contribution >= 0.6 is 0 Å². The van der Waals surface area contributed by atoms with Crippen LogP contribution in [-0.4, -0.2) is 12.3 Å². The van der Waals surface area contributed by atoms with Crippen LogP contribution in [-0.2, 0) is 4.79 Å². The lowest BCUT2D eigenvalue weighted by molar-refractivity contribution is -0.134. The first-order valence-corrected chi connectivity index (χ1v) is 5.02. The van der Waals surface area contributed by atoms with Gasteiger partial charge in [-0.25, -0.2) is 0 Å². The molecule has 0 radical (unpaired) electrons. The maximum atomic E-state index is 11.3. The molecule has 3 heteroatoms. The van der Waals surface area contributed by atoms with Crippen LogP contribution in [0.25, 0.3) is 0 Å². The normalized spacial score (nSPS) is 9.67. The van der Waals surface area contributed by atoms with Crippen LogP contribution in [0.1, 0.15) is 36.5 Å². The Bertz CT molecular complexity index is 344. The van der Waals surface area contributed by atoms with E-state index in [2.05, 4.69) is 0 Å². The highest BCUT2D eigenvalue weighted by molar-refractivity contribution is 5.77. The summed E-state index contributed by atoms with van der Waals surface area (Å²) in [5.41, 5.74) is 0.510. The van der Waals surface area contributed by atoms with Gasteiger partial charge < -0.3 is 4.74 Å². The number of ether oxygens (including phenoxy) is 1. The lowest BCUT2D eigenvalue weighted by Crippen LogP contribution is -2.07. The van der Waals surface area contributed by atoms with Gasteiger partial charge in [0.2, 0.25) is 0 Å². The molecule has 0 aliphatic rings. The van der Waals surface area contributed by atoms with E-state index in [-0.39, 0.29) is 5.97 Å². The van der Waals surface area contributed by atoms with Gasteiger partial charge in [0.15, 0.2) is 0 Å². The van der Waals surface area contributed by atoms with E-state index in [0.29, 0.717) is 17.7 Å². The highest BCUT2D eigenvalue weighted by atomic mass is 16.5. The second-order valence-electron chi connectivity index (χ2n) is 3.27. The van der Waals surface area contributed by atoms with Crippen molar-refractivity contribution >= 4 is 12.3 Å². The summed E-state index contributed by atoms with van der Waals surface area (Å²) in [5, 5.41) is 0. The zero-order valence-electron chi connectivity index (χ0n) is 8.73. The van der Waals surface area contributed by atoms with E-state index in [0.717, 1.165) is 19.1 Å². The van der Waals surface area contributed by atoms with Crippen molar-refractivity contribution in [1.29, 1.82) is 0 Å². The number of hydrogen-bond donors (Lipinski definition) is 0. The molecule has 0 aromatic heterocycles. The molecule has 0 spiro atoms. The lowest BCUT2D eigenvalue weighted by Gasteiger charge is -2.03. The number of unbranched alkanes of at least 4 members (excludes halogenated alkanes) is 1.